The maximum absolute atomic E-state index is 14.1. The van der Waals surface area contributed by atoms with Gasteiger partial charge in [0.25, 0.3) is 0 Å². The van der Waals surface area contributed by atoms with Gasteiger partial charge in [0.05, 0.1) is 0 Å². The van der Waals surface area contributed by atoms with Crippen LogP contribution in [0.3, 0.4) is 0 Å². The lowest BCUT2D eigenvalue weighted by Crippen LogP contribution is -2.35. The van der Waals surface area contributed by atoms with Crippen LogP contribution in [0, 0.1) is 11.2 Å². The minimum atomic E-state index is -4.93. The fourth-order valence-electron chi connectivity index (χ4n) is 2.95. The number of aromatic hydroxyl groups is 1. The van der Waals surface area contributed by atoms with Gasteiger partial charge in [0.1, 0.15) is 5.75 Å². The van der Waals surface area contributed by atoms with Crippen LogP contribution < -0.4 is 5.32 Å². The first kappa shape index (κ1) is 24.8. The average Bonchev–Trinajstić information content (AvgIpc) is 2.57. The number of Topliss-reactive ketones (excluding diaryl/α,β-unsaturated/α-hetero) is 1. The fraction of sp³-hybridized carbons (Fsp3) is 0.478. The van der Waals surface area contributed by atoms with Gasteiger partial charge in [-0.1, -0.05) is 20.8 Å². The highest BCUT2D eigenvalue weighted by molar-refractivity contribution is 5.98. The van der Waals surface area contributed by atoms with E-state index in [9.17, 15) is 27.5 Å². The highest BCUT2D eigenvalue weighted by atomic mass is 19.4. The number of benzene rings is 1. The summed E-state index contributed by atoms with van der Waals surface area (Å²) in [5.41, 5.74) is -1.55. The number of pyridine rings is 1. The Morgan fingerprint density at radius 3 is 2.16 bits per heavy atom. The molecule has 8 heteroatoms. The van der Waals surface area contributed by atoms with Gasteiger partial charge in [-0.25, -0.2) is 9.37 Å². The molecule has 1 aromatic carbocycles. The second kappa shape index (κ2) is 8.57. The molecule has 0 spiro atoms. The average molecular weight is 440 g/mol. The minimum Gasteiger partial charge on any atom is -0.507 e. The van der Waals surface area contributed by atoms with E-state index in [1.807, 2.05) is 41.5 Å². The third kappa shape index (κ3) is 6.75. The summed E-state index contributed by atoms with van der Waals surface area (Å²) >= 11 is 0. The number of phenolic OH excluding ortho intramolecular Hbond substituents is 1. The number of carbonyl (C=O) groups is 1. The SMILES string of the molecule is CC(C)(C)CC(=O)c1cc(CNC(C)(C)C)c(O)c(-c2cnc(C(F)(F)F)c(F)c2)c1. The lowest BCUT2D eigenvalue weighted by molar-refractivity contribution is -0.143. The quantitative estimate of drug-likeness (QED) is 0.434. The number of halogens is 4. The first-order valence-electron chi connectivity index (χ1n) is 9.85. The van der Waals surface area contributed by atoms with Crippen LogP contribution in [0.25, 0.3) is 11.1 Å². The van der Waals surface area contributed by atoms with Crippen molar-refractivity contribution >= 4 is 5.78 Å². The summed E-state index contributed by atoms with van der Waals surface area (Å²) < 4.78 is 52.7. The molecule has 4 nitrogen and oxygen atoms in total. The molecule has 2 N–H and O–H groups in total. The predicted molar refractivity (Wildman–Crippen MR) is 111 cm³/mol. The first-order valence-corrected chi connectivity index (χ1v) is 9.85. The summed E-state index contributed by atoms with van der Waals surface area (Å²) in [5, 5.41) is 14.0. The molecule has 0 saturated carbocycles. The van der Waals surface area contributed by atoms with E-state index in [1.165, 1.54) is 6.07 Å². The van der Waals surface area contributed by atoms with Crippen molar-refractivity contribution in [1.29, 1.82) is 0 Å². The number of phenols is 1. The minimum absolute atomic E-state index is 0.0468. The highest BCUT2D eigenvalue weighted by Gasteiger charge is 2.36. The molecular weight excluding hydrogens is 412 g/mol. The van der Waals surface area contributed by atoms with Crippen LogP contribution in [0.15, 0.2) is 24.4 Å². The third-order valence-corrected chi connectivity index (χ3v) is 4.43. The maximum atomic E-state index is 14.1. The van der Waals surface area contributed by atoms with E-state index in [1.54, 1.807) is 6.07 Å². The number of nitrogens with zero attached hydrogens (tertiary/aromatic N) is 1. The van der Waals surface area contributed by atoms with Crippen molar-refractivity contribution in [2.24, 2.45) is 5.41 Å². The third-order valence-electron chi connectivity index (χ3n) is 4.43. The summed E-state index contributed by atoms with van der Waals surface area (Å²) in [6.07, 6.45) is -3.86. The Labute approximate surface area is 179 Å². The van der Waals surface area contributed by atoms with Crippen LogP contribution in [0.2, 0.25) is 0 Å². The predicted octanol–water partition coefficient (Wildman–Crippen LogP) is 6.12. The standard InChI is InChI=1S/C23H28F4N2O2/c1-21(2,3)10-18(30)13-7-15(12-29-22(4,5)6)19(31)16(8-13)14-9-17(24)20(28-11-14)23(25,26)27/h7-9,11,29,31H,10,12H2,1-6H3. The van der Waals surface area contributed by atoms with Gasteiger partial charge in [-0.15, -0.1) is 0 Å². The van der Waals surface area contributed by atoms with Gasteiger partial charge in [-0.2, -0.15) is 13.2 Å². The first-order chi connectivity index (χ1) is 14.0. The molecule has 0 aliphatic rings. The second-order valence-corrected chi connectivity index (χ2v) is 9.85. The Kier molecular flexibility index (Phi) is 6.85. The van der Waals surface area contributed by atoms with Gasteiger partial charge in [-0.3, -0.25) is 4.79 Å². The molecule has 1 aromatic heterocycles. The zero-order valence-electron chi connectivity index (χ0n) is 18.5. The van der Waals surface area contributed by atoms with Crippen molar-refractivity contribution in [3.8, 4) is 16.9 Å². The van der Waals surface area contributed by atoms with E-state index in [2.05, 4.69) is 10.3 Å². The molecule has 0 radical (unpaired) electrons. The molecule has 0 atom stereocenters. The van der Waals surface area contributed by atoms with Gasteiger partial charge in [0, 0.05) is 47.0 Å². The normalized spacial score (nSPS) is 12.8. The van der Waals surface area contributed by atoms with Crippen LogP contribution in [0.4, 0.5) is 17.6 Å². The Morgan fingerprint density at radius 2 is 1.68 bits per heavy atom. The summed E-state index contributed by atoms with van der Waals surface area (Å²) in [6.45, 7) is 11.7. The molecule has 0 saturated heterocycles. The van der Waals surface area contributed by atoms with Gasteiger partial charge < -0.3 is 10.4 Å². The molecule has 0 amide bonds. The van der Waals surface area contributed by atoms with E-state index in [-0.39, 0.29) is 52.1 Å². The van der Waals surface area contributed by atoms with E-state index in [0.717, 1.165) is 6.20 Å². The van der Waals surface area contributed by atoms with Gasteiger partial charge in [-0.05, 0) is 44.4 Å². The smallest absolute Gasteiger partial charge is 0.436 e. The lowest BCUT2D eigenvalue weighted by Gasteiger charge is -2.22. The van der Waals surface area contributed by atoms with E-state index < -0.39 is 17.7 Å². The summed E-state index contributed by atoms with van der Waals surface area (Å²) in [6, 6.07) is 3.59. The Hall–Kier alpha value is -2.48. The molecule has 0 bridgehead atoms. The number of rotatable bonds is 5. The number of aromatic nitrogens is 1. The number of hydrogen-bond donors (Lipinski definition) is 2. The molecule has 2 aromatic rings. The van der Waals surface area contributed by atoms with Crippen LogP contribution in [-0.2, 0) is 12.7 Å². The molecular formula is C23H28F4N2O2. The van der Waals surface area contributed by atoms with Crippen molar-refractivity contribution in [2.45, 2.75) is 66.2 Å². The molecule has 2 rings (SSSR count). The van der Waals surface area contributed by atoms with Crippen molar-refractivity contribution in [3.05, 3.63) is 47.0 Å². The second-order valence-electron chi connectivity index (χ2n) is 9.85. The molecule has 31 heavy (non-hydrogen) atoms. The Balaban J connectivity index is 2.61. The number of carbonyl (C=O) groups excluding carboxylic acids is 1. The summed E-state index contributed by atoms with van der Waals surface area (Å²) in [5.74, 6) is -1.98. The van der Waals surface area contributed by atoms with Gasteiger partial charge in [0.15, 0.2) is 17.3 Å². The van der Waals surface area contributed by atoms with Crippen molar-refractivity contribution in [2.75, 3.05) is 0 Å². The van der Waals surface area contributed by atoms with Crippen LogP contribution in [-0.4, -0.2) is 21.4 Å². The molecule has 0 fully saturated rings. The van der Waals surface area contributed by atoms with Crippen molar-refractivity contribution in [1.82, 2.24) is 10.3 Å². The fourth-order valence-corrected chi connectivity index (χ4v) is 2.95. The molecule has 170 valence electrons. The highest BCUT2D eigenvalue weighted by Crippen LogP contribution is 2.37. The molecule has 0 aliphatic heterocycles. The summed E-state index contributed by atoms with van der Waals surface area (Å²) in [7, 11) is 0. The molecule has 1 heterocycles. The van der Waals surface area contributed by atoms with Gasteiger partial charge >= 0.3 is 6.18 Å². The van der Waals surface area contributed by atoms with Gasteiger partial charge in [0.2, 0.25) is 0 Å². The number of ketones is 1. The lowest BCUT2D eigenvalue weighted by atomic mass is 9.86. The largest absolute Gasteiger partial charge is 0.507 e. The Bertz CT molecular complexity index is 971. The van der Waals surface area contributed by atoms with Crippen molar-refractivity contribution < 1.29 is 27.5 Å². The van der Waals surface area contributed by atoms with Crippen LogP contribution >= 0.6 is 0 Å². The number of hydrogen-bond acceptors (Lipinski definition) is 4. The van der Waals surface area contributed by atoms with E-state index in [0.29, 0.717) is 11.6 Å². The number of nitrogens with one attached hydrogen (secondary N) is 1. The molecule has 0 unspecified atom stereocenters. The zero-order valence-corrected chi connectivity index (χ0v) is 18.5. The number of alkyl halides is 3. The van der Waals surface area contributed by atoms with E-state index >= 15 is 0 Å². The topological polar surface area (TPSA) is 62.2 Å². The zero-order chi connectivity index (χ0) is 23.8. The van der Waals surface area contributed by atoms with Crippen LogP contribution in [0.5, 0.6) is 5.75 Å². The van der Waals surface area contributed by atoms with E-state index in [4.69, 9.17) is 0 Å². The van der Waals surface area contributed by atoms with Crippen LogP contribution in [0.1, 0.15) is 69.6 Å². The molecule has 0 aliphatic carbocycles. The Morgan fingerprint density at radius 1 is 1.06 bits per heavy atom. The monoisotopic (exact) mass is 440 g/mol. The maximum Gasteiger partial charge on any atom is 0.436 e. The summed E-state index contributed by atoms with van der Waals surface area (Å²) in [4.78, 5) is 16.0. The van der Waals surface area contributed by atoms with Crippen molar-refractivity contribution in [3.63, 3.8) is 0 Å².